The van der Waals surface area contributed by atoms with Crippen LogP contribution in [0, 0.1) is 0 Å². The van der Waals surface area contributed by atoms with Crippen molar-refractivity contribution in [1.82, 2.24) is 9.62 Å². The SMILES string of the molecule is CCCCN(C)S(=O)(=O)c1ccc(CCNC(C)C)cc1. The molecule has 0 aromatic heterocycles. The van der Waals surface area contributed by atoms with Crippen molar-refractivity contribution in [2.24, 2.45) is 0 Å². The normalized spacial score (nSPS) is 12.3. The molecule has 1 N–H and O–H groups in total. The molecular weight excluding hydrogens is 284 g/mol. The molecule has 0 aliphatic rings. The smallest absolute Gasteiger partial charge is 0.242 e. The van der Waals surface area contributed by atoms with Crippen LogP contribution in [0.25, 0.3) is 0 Å². The predicted octanol–water partition coefficient (Wildman–Crippen LogP) is 2.65. The van der Waals surface area contributed by atoms with Gasteiger partial charge in [-0.1, -0.05) is 39.3 Å². The number of hydrogen-bond acceptors (Lipinski definition) is 3. The largest absolute Gasteiger partial charge is 0.314 e. The van der Waals surface area contributed by atoms with Crippen LogP contribution in [0.2, 0.25) is 0 Å². The molecule has 0 aliphatic carbocycles. The summed E-state index contributed by atoms with van der Waals surface area (Å²) in [6.07, 6.45) is 2.78. The summed E-state index contributed by atoms with van der Waals surface area (Å²) in [5.41, 5.74) is 1.15. The lowest BCUT2D eigenvalue weighted by molar-refractivity contribution is 0.459. The molecule has 0 aliphatic heterocycles. The van der Waals surface area contributed by atoms with Crippen LogP contribution >= 0.6 is 0 Å². The fourth-order valence-electron chi connectivity index (χ4n) is 2.01. The first kappa shape index (κ1) is 18.1. The molecule has 0 bridgehead atoms. The molecule has 0 saturated carbocycles. The fraction of sp³-hybridized carbons (Fsp3) is 0.625. The summed E-state index contributed by atoms with van der Waals surface area (Å²) in [6, 6.07) is 7.70. The van der Waals surface area contributed by atoms with Crippen LogP contribution in [-0.4, -0.2) is 38.9 Å². The van der Waals surface area contributed by atoms with E-state index in [1.165, 1.54) is 4.31 Å². The van der Waals surface area contributed by atoms with Crippen molar-refractivity contribution in [3.05, 3.63) is 29.8 Å². The van der Waals surface area contributed by atoms with Gasteiger partial charge in [0.2, 0.25) is 10.0 Å². The molecule has 0 atom stereocenters. The minimum atomic E-state index is -3.34. The lowest BCUT2D eigenvalue weighted by Crippen LogP contribution is -2.28. The van der Waals surface area contributed by atoms with Gasteiger partial charge in [0.25, 0.3) is 0 Å². The first-order valence-electron chi connectivity index (χ1n) is 7.66. The molecule has 0 radical (unpaired) electrons. The van der Waals surface area contributed by atoms with E-state index in [9.17, 15) is 8.42 Å². The van der Waals surface area contributed by atoms with Crippen LogP contribution in [0.5, 0.6) is 0 Å². The maximum absolute atomic E-state index is 12.4. The van der Waals surface area contributed by atoms with E-state index < -0.39 is 10.0 Å². The molecule has 1 aromatic carbocycles. The topological polar surface area (TPSA) is 49.4 Å². The monoisotopic (exact) mass is 312 g/mol. The maximum Gasteiger partial charge on any atom is 0.242 e. The summed E-state index contributed by atoms with van der Waals surface area (Å²) < 4.78 is 26.2. The predicted molar refractivity (Wildman–Crippen MR) is 88.0 cm³/mol. The van der Waals surface area contributed by atoms with Gasteiger partial charge in [0.05, 0.1) is 4.90 Å². The third-order valence-corrected chi connectivity index (χ3v) is 5.30. The maximum atomic E-state index is 12.4. The van der Waals surface area contributed by atoms with Crippen LogP contribution in [0.4, 0.5) is 0 Å². The Balaban J connectivity index is 2.68. The number of nitrogens with one attached hydrogen (secondary N) is 1. The van der Waals surface area contributed by atoms with Crippen LogP contribution in [0.1, 0.15) is 39.2 Å². The molecule has 0 heterocycles. The summed E-state index contributed by atoms with van der Waals surface area (Å²) >= 11 is 0. The summed E-state index contributed by atoms with van der Waals surface area (Å²) in [4.78, 5) is 0.377. The summed E-state index contributed by atoms with van der Waals surface area (Å²) in [6.45, 7) is 7.75. The van der Waals surface area contributed by atoms with Crippen molar-refractivity contribution in [2.45, 2.75) is 51.0 Å². The Bertz CT molecular complexity index is 510. The molecule has 0 amide bonds. The van der Waals surface area contributed by atoms with Crippen molar-refractivity contribution in [3.63, 3.8) is 0 Å². The Morgan fingerprint density at radius 2 is 1.81 bits per heavy atom. The molecule has 120 valence electrons. The van der Waals surface area contributed by atoms with Gasteiger partial charge in [0.15, 0.2) is 0 Å². The third kappa shape index (κ3) is 5.77. The van der Waals surface area contributed by atoms with E-state index in [1.807, 2.05) is 12.1 Å². The lowest BCUT2D eigenvalue weighted by Gasteiger charge is -2.17. The van der Waals surface area contributed by atoms with Gasteiger partial charge in [-0.2, -0.15) is 0 Å². The second kappa shape index (κ2) is 8.51. The van der Waals surface area contributed by atoms with Gasteiger partial charge >= 0.3 is 0 Å². The molecule has 21 heavy (non-hydrogen) atoms. The summed E-state index contributed by atoms with van der Waals surface area (Å²) in [5, 5.41) is 3.35. The minimum Gasteiger partial charge on any atom is -0.314 e. The number of benzene rings is 1. The van der Waals surface area contributed by atoms with Gasteiger partial charge in [-0.3, -0.25) is 0 Å². The van der Waals surface area contributed by atoms with Crippen molar-refractivity contribution in [3.8, 4) is 0 Å². The molecule has 4 nitrogen and oxygen atoms in total. The van der Waals surface area contributed by atoms with E-state index in [4.69, 9.17) is 0 Å². The van der Waals surface area contributed by atoms with Crippen molar-refractivity contribution < 1.29 is 8.42 Å². The molecule has 1 aromatic rings. The Kier molecular flexibility index (Phi) is 7.35. The number of rotatable bonds is 9. The van der Waals surface area contributed by atoms with E-state index >= 15 is 0 Å². The Morgan fingerprint density at radius 3 is 2.33 bits per heavy atom. The zero-order valence-electron chi connectivity index (χ0n) is 13.6. The zero-order valence-corrected chi connectivity index (χ0v) is 14.4. The van der Waals surface area contributed by atoms with Crippen LogP contribution in [0.15, 0.2) is 29.2 Å². The Hall–Kier alpha value is -0.910. The molecule has 0 unspecified atom stereocenters. The van der Waals surface area contributed by atoms with E-state index in [-0.39, 0.29) is 0 Å². The average Bonchev–Trinajstić information content (AvgIpc) is 2.44. The first-order valence-corrected chi connectivity index (χ1v) is 9.10. The van der Waals surface area contributed by atoms with Crippen LogP contribution in [-0.2, 0) is 16.4 Å². The van der Waals surface area contributed by atoms with E-state index in [1.54, 1.807) is 19.2 Å². The molecule has 0 saturated heterocycles. The minimum absolute atomic E-state index is 0.377. The first-order chi connectivity index (χ1) is 9.87. The van der Waals surface area contributed by atoms with Gasteiger partial charge in [-0.25, -0.2) is 12.7 Å². The number of sulfonamides is 1. The second-order valence-electron chi connectivity index (χ2n) is 5.68. The number of unbranched alkanes of at least 4 members (excludes halogenated alkanes) is 1. The highest BCUT2D eigenvalue weighted by atomic mass is 32.2. The third-order valence-electron chi connectivity index (χ3n) is 3.42. The van der Waals surface area contributed by atoms with E-state index in [0.717, 1.165) is 31.4 Å². The van der Waals surface area contributed by atoms with Crippen molar-refractivity contribution in [2.75, 3.05) is 20.1 Å². The van der Waals surface area contributed by atoms with E-state index in [0.29, 0.717) is 17.5 Å². The molecule has 0 fully saturated rings. The van der Waals surface area contributed by atoms with Gasteiger partial charge in [-0.05, 0) is 37.1 Å². The van der Waals surface area contributed by atoms with Crippen LogP contribution in [0.3, 0.4) is 0 Å². The average molecular weight is 312 g/mol. The van der Waals surface area contributed by atoms with Gasteiger partial charge in [0.1, 0.15) is 0 Å². The second-order valence-corrected chi connectivity index (χ2v) is 7.73. The number of hydrogen-bond donors (Lipinski definition) is 1. The molecule has 1 rings (SSSR count). The van der Waals surface area contributed by atoms with E-state index in [2.05, 4.69) is 26.1 Å². The molecular formula is C16H28N2O2S. The van der Waals surface area contributed by atoms with Gasteiger partial charge < -0.3 is 5.32 Å². The van der Waals surface area contributed by atoms with Gasteiger partial charge in [-0.15, -0.1) is 0 Å². The molecule has 0 spiro atoms. The lowest BCUT2D eigenvalue weighted by atomic mass is 10.1. The summed E-state index contributed by atoms with van der Waals surface area (Å²) in [7, 11) is -1.70. The van der Waals surface area contributed by atoms with Crippen molar-refractivity contribution in [1.29, 1.82) is 0 Å². The standard InChI is InChI=1S/C16H28N2O2S/c1-5-6-13-18(4)21(19,20)16-9-7-15(8-10-16)11-12-17-14(2)3/h7-10,14,17H,5-6,11-13H2,1-4H3. The fourth-order valence-corrected chi connectivity index (χ4v) is 3.22. The van der Waals surface area contributed by atoms with Crippen LogP contribution < -0.4 is 5.32 Å². The summed E-state index contributed by atoms with van der Waals surface area (Å²) in [5.74, 6) is 0. The Morgan fingerprint density at radius 1 is 1.19 bits per heavy atom. The zero-order chi connectivity index (χ0) is 15.9. The Labute approximate surface area is 129 Å². The number of nitrogens with zero attached hydrogens (tertiary/aromatic N) is 1. The van der Waals surface area contributed by atoms with Gasteiger partial charge in [0, 0.05) is 19.6 Å². The quantitative estimate of drug-likeness (QED) is 0.762. The highest BCUT2D eigenvalue weighted by Gasteiger charge is 2.19. The molecule has 5 heteroatoms. The highest BCUT2D eigenvalue weighted by molar-refractivity contribution is 7.89. The highest BCUT2D eigenvalue weighted by Crippen LogP contribution is 2.16. The van der Waals surface area contributed by atoms with Crippen molar-refractivity contribution >= 4 is 10.0 Å².